The van der Waals surface area contributed by atoms with Crippen molar-refractivity contribution in [2.45, 2.75) is 37.8 Å². The van der Waals surface area contributed by atoms with Crippen molar-refractivity contribution in [3.05, 3.63) is 42.5 Å². The van der Waals surface area contributed by atoms with Gasteiger partial charge >= 0.3 is 0 Å². The Hall–Kier alpha value is -0.730. The molecule has 0 saturated carbocycles. The first kappa shape index (κ1) is 13.3. The second-order valence-electron chi connectivity index (χ2n) is 4.11. The molecule has 0 saturated heterocycles. The molecule has 0 fully saturated rings. The number of hydrogen-bond donors (Lipinski definition) is 1. The van der Waals surface area contributed by atoms with Crippen LogP contribution in [0.5, 0.6) is 0 Å². The smallest absolute Gasteiger partial charge is 0.0208 e. The topological polar surface area (TPSA) is 12.0 Å². The molecule has 0 aliphatic rings. The molecule has 0 spiro atoms. The van der Waals surface area contributed by atoms with Crippen LogP contribution >= 0.6 is 11.8 Å². The van der Waals surface area contributed by atoms with E-state index in [1.807, 2.05) is 17.8 Å². The summed E-state index contributed by atoms with van der Waals surface area (Å²) in [5.74, 6) is 1.12. The zero-order chi connectivity index (χ0) is 11.8. The molecule has 0 heterocycles. The first-order valence-corrected chi connectivity index (χ1v) is 6.77. The molecule has 0 radical (unpaired) electrons. The third kappa shape index (κ3) is 5.38. The lowest BCUT2D eigenvalue weighted by molar-refractivity contribution is 0.588. The molecule has 1 rings (SSSR count). The van der Waals surface area contributed by atoms with Gasteiger partial charge in [0.1, 0.15) is 0 Å². The number of thioether (sulfide) groups is 1. The molecule has 1 N–H and O–H groups in total. The fourth-order valence-corrected chi connectivity index (χ4v) is 2.26. The molecule has 0 aliphatic heterocycles. The van der Waals surface area contributed by atoms with Crippen molar-refractivity contribution < 1.29 is 0 Å². The Kier molecular flexibility index (Phi) is 6.27. The van der Waals surface area contributed by atoms with Gasteiger partial charge < -0.3 is 5.32 Å². The molecule has 1 nitrogen and oxygen atoms in total. The lowest BCUT2D eigenvalue weighted by Crippen LogP contribution is -2.21. The van der Waals surface area contributed by atoms with E-state index in [2.05, 4.69) is 50.0 Å². The van der Waals surface area contributed by atoms with E-state index in [1.165, 1.54) is 10.5 Å². The Balaban J connectivity index is 2.46. The van der Waals surface area contributed by atoms with Crippen LogP contribution in [-0.4, -0.2) is 11.8 Å². The van der Waals surface area contributed by atoms with Gasteiger partial charge in [0.2, 0.25) is 0 Å². The Morgan fingerprint density at radius 3 is 2.94 bits per heavy atom. The van der Waals surface area contributed by atoms with E-state index in [9.17, 15) is 0 Å². The largest absolute Gasteiger partial charge is 0.310 e. The number of nitrogens with one attached hydrogen (secondary N) is 1. The van der Waals surface area contributed by atoms with Crippen molar-refractivity contribution in [3.8, 4) is 0 Å². The second-order valence-corrected chi connectivity index (χ2v) is 5.28. The fourth-order valence-electron chi connectivity index (χ4n) is 1.33. The van der Waals surface area contributed by atoms with Gasteiger partial charge in [-0.25, -0.2) is 0 Å². The summed E-state index contributed by atoms with van der Waals surface area (Å²) in [6.45, 7) is 9.03. The standard InChI is InChI=1S/C14H21NS/c1-4-5-9-16-14-8-6-7-13(10-14)11-15-12(2)3/h4,6-8,10,12,15H,1,5,9,11H2,2-3H3. The van der Waals surface area contributed by atoms with Crippen molar-refractivity contribution >= 4 is 11.8 Å². The van der Waals surface area contributed by atoms with E-state index >= 15 is 0 Å². The van der Waals surface area contributed by atoms with Crippen molar-refractivity contribution in [1.82, 2.24) is 5.32 Å². The Labute approximate surface area is 103 Å². The fraction of sp³-hybridized carbons (Fsp3) is 0.429. The van der Waals surface area contributed by atoms with Gasteiger partial charge in [0.25, 0.3) is 0 Å². The normalized spacial score (nSPS) is 10.7. The number of rotatable bonds is 7. The van der Waals surface area contributed by atoms with Crippen LogP contribution in [0.2, 0.25) is 0 Å². The number of benzene rings is 1. The molecule has 88 valence electrons. The maximum atomic E-state index is 3.73. The van der Waals surface area contributed by atoms with Crippen molar-refractivity contribution in [2.24, 2.45) is 0 Å². The van der Waals surface area contributed by atoms with Gasteiger partial charge in [-0.3, -0.25) is 0 Å². The summed E-state index contributed by atoms with van der Waals surface area (Å²) in [7, 11) is 0. The third-order valence-electron chi connectivity index (χ3n) is 2.20. The summed E-state index contributed by atoms with van der Waals surface area (Å²) >= 11 is 1.89. The minimum Gasteiger partial charge on any atom is -0.310 e. The minimum absolute atomic E-state index is 0.539. The van der Waals surface area contributed by atoms with Crippen molar-refractivity contribution in [2.75, 3.05) is 5.75 Å². The second kappa shape index (κ2) is 7.53. The highest BCUT2D eigenvalue weighted by Gasteiger charge is 1.98. The molecule has 0 aliphatic carbocycles. The maximum absolute atomic E-state index is 3.73. The molecular formula is C14H21NS. The first-order chi connectivity index (χ1) is 7.72. The zero-order valence-corrected chi connectivity index (χ0v) is 11.0. The van der Waals surface area contributed by atoms with E-state index in [1.54, 1.807) is 0 Å². The SMILES string of the molecule is C=CCCSc1cccc(CNC(C)C)c1. The van der Waals surface area contributed by atoms with Crippen LogP contribution < -0.4 is 5.32 Å². The molecule has 0 atom stereocenters. The highest BCUT2D eigenvalue weighted by molar-refractivity contribution is 7.99. The molecule has 0 aromatic heterocycles. The highest BCUT2D eigenvalue weighted by Crippen LogP contribution is 2.20. The Morgan fingerprint density at radius 2 is 2.25 bits per heavy atom. The summed E-state index contributed by atoms with van der Waals surface area (Å²) in [6, 6.07) is 9.29. The Bertz CT molecular complexity index is 320. The van der Waals surface area contributed by atoms with Gasteiger partial charge in [0.15, 0.2) is 0 Å². The van der Waals surface area contributed by atoms with E-state index in [0.29, 0.717) is 6.04 Å². The summed E-state index contributed by atoms with van der Waals surface area (Å²) < 4.78 is 0. The van der Waals surface area contributed by atoms with E-state index in [4.69, 9.17) is 0 Å². The van der Waals surface area contributed by atoms with Crippen LogP contribution in [0.4, 0.5) is 0 Å². The average Bonchev–Trinajstić information content (AvgIpc) is 2.27. The van der Waals surface area contributed by atoms with Gasteiger partial charge in [-0.1, -0.05) is 32.1 Å². The molecule has 16 heavy (non-hydrogen) atoms. The average molecular weight is 235 g/mol. The lowest BCUT2D eigenvalue weighted by Gasteiger charge is -2.09. The monoisotopic (exact) mass is 235 g/mol. The maximum Gasteiger partial charge on any atom is 0.0208 e. The van der Waals surface area contributed by atoms with Gasteiger partial charge in [-0.05, 0) is 24.1 Å². The van der Waals surface area contributed by atoms with Crippen LogP contribution in [0.25, 0.3) is 0 Å². The Morgan fingerprint density at radius 1 is 1.44 bits per heavy atom. The highest BCUT2D eigenvalue weighted by atomic mass is 32.2. The third-order valence-corrected chi connectivity index (χ3v) is 3.23. The van der Waals surface area contributed by atoms with Crippen LogP contribution in [-0.2, 0) is 6.54 Å². The van der Waals surface area contributed by atoms with Gasteiger partial charge in [0, 0.05) is 23.2 Å². The number of allylic oxidation sites excluding steroid dienone is 1. The predicted octanol–water partition coefficient (Wildman–Crippen LogP) is 3.85. The summed E-state index contributed by atoms with van der Waals surface area (Å²) in [5.41, 5.74) is 1.36. The van der Waals surface area contributed by atoms with E-state index in [0.717, 1.165) is 18.7 Å². The first-order valence-electron chi connectivity index (χ1n) is 5.78. The minimum atomic E-state index is 0.539. The molecular weight excluding hydrogens is 214 g/mol. The molecule has 1 aromatic carbocycles. The van der Waals surface area contributed by atoms with Gasteiger partial charge in [-0.2, -0.15) is 0 Å². The van der Waals surface area contributed by atoms with Gasteiger partial charge in [0.05, 0.1) is 0 Å². The van der Waals surface area contributed by atoms with Crippen LogP contribution in [0, 0.1) is 0 Å². The number of hydrogen-bond acceptors (Lipinski definition) is 2. The lowest BCUT2D eigenvalue weighted by atomic mass is 10.2. The van der Waals surface area contributed by atoms with Crippen molar-refractivity contribution in [1.29, 1.82) is 0 Å². The van der Waals surface area contributed by atoms with Crippen LogP contribution in [0.1, 0.15) is 25.8 Å². The predicted molar refractivity (Wildman–Crippen MR) is 74.0 cm³/mol. The van der Waals surface area contributed by atoms with Crippen molar-refractivity contribution in [3.63, 3.8) is 0 Å². The molecule has 0 bridgehead atoms. The van der Waals surface area contributed by atoms with E-state index < -0.39 is 0 Å². The van der Waals surface area contributed by atoms with Crippen LogP contribution in [0.15, 0.2) is 41.8 Å². The zero-order valence-electron chi connectivity index (χ0n) is 10.2. The van der Waals surface area contributed by atoms with Gasteiger partial charge in [-0.15, -0.1) is 18.3 Å². The quantitative estimate of drug-likeness (QED) is 0.437. The molecule has 0 amide bonds. The summed E-state index contributed by atoms with van der Waals surface area (Å²) in [5, 5.41) is 3.43. The summed E-state index contributed by atoms with van der Waals surface area (Å²) in [4.78, 5) is 1.35. The molecule has 1 aromatic rings. The van der Waals surface area contributed by atoms with Crippen LogP contribution in [0.3, 0.4) is 0 Å². The summed E-state index contributed by atoms with van der Waals surface area (Å²) in [6.07, 6.45) is 3.04. The molecule has 0 unspecified atom stereocenters. The molecule has 2 heteroatoms. The van der Waals surface area contributed by atoms with E-state index in [-0.39, 0.29) is 0 Å².